The van der Waals surface area contributed by atoms with E-state index in [2.05, 4.69) is 15.3 Å². The molecular weight excluding hydrogens is 412 g/mol. The second-order valence-electron chi connectivity index (χ2n) is 7.77. The van der Waals surface area contributed by atoms with Crippen molar-refractivity contribution < 1.29 is 14.4 Å². The lowest BCUT2D eigenvalue weighted by Gasteiger charge is -2.26. The van der Waals surface area contributed by atoms with Crippen molar-refractivity contribution in [1.82, 2.24) is 20.2 Å². The number of hydrogen-bond acceptors (Lipinski definition) is 6. The second-order valence-corrected chi connectivity index (χ2v) is 8.63. The molecule has 1 aliphatic rings. The molecule has 3 heterocycles. The Bertz CT molecular complexity index is 1090. The van der Waals surface area contributed by atoms with Crippen molar-refractivity contribution in [3.63, 3.8) is 0 Å². The van der Waals surface area contributed by atoms with Gasteiger partial charge in [-0.3, -0.25) is 24.3 Å². The molecule has 1 atom stereocenters. The summed E-state index contributed by atoms with van der Waals surface area (Å²) in [4.78, 5) is 48.6. The first-order valence-corrected chi connectivity index (χ1v) is 10.9. The molecule has 2 aromatic heterocycles. The summed E-state index contributed by atoms with van der Waals surface area (Å²) in [6, 6.07) is 9.57. The first-order chi connectivity index (χ1) is 15.0. The molecule has 1 aliphatic heterocycles. The molecule has 158 valence electrons. The van der Waals surface area contributed by atoms with E-state index in [1.54, 1.807) is 36.7 Å². The van der Waals surface area contributed by atoms with Crippen molar-refractivity contribution in [3.05, 3.63) is 71.0 Å². The number of pyridine rings is 1. The van der Waals surface area contributed by atoms with Gasteiger partial charge in [-0.1, -0.05) is 26.0 Å². The number of amides is 3. The van der Waals surface area contributed by atoms with E-state index in [1.807, 2.05) is 31.4 Å². The van der Waals surface area contributed by atoms with Crippen molar-refractivity contribution in [2.75, 3.05) is 0 Å². The highest BCUT2D eigenvalue weighted by Crippen LogP contribution is 2.27. The molecule has 1 aromatic carbocycles. The summed E-state index contributed by atoms with van der Waals surface area (Å²) in [7, 11) is 0. The van der Waals surface area contributed by atoms with Crippen LogP contribution in [0.25, 0.3) is 10.6 Å². The molecule has 0 spiro atoms. The molecule has 1 N–H and O–H groups in total. The molecule has 4 rings (SSSR count). The van der Waals surface area contributed by atoms with Crippen molar-refractivity contribution in [2.45, 2.75) is 32.9 Å². The summed E-state index contributed by atoms with van der Waals surface area (Å²) >= 11 is 1.47. The number of aromatic nitrogens is 2. The van der Waals surface area contributed by atoms with Crippen molar-refractivity contribution >= 4 is 29.1 Å². The van der Waals surface area contributed by atoms with Crippen LogP contribution in [0.15, 0.2) is 54.2 Å². The number of carbonyl (C=O) groups excluding carboxylic acids is 3. The molecule has 0 radical (unpaired) electrons. The van der Waals surface area contributed by atoms with E-state index in [9.17, 15) is 14.4 Å². The molecule has 8 heteroatoms. The number of thiazole rings is 1. The van der Waals surface area contributed by atoms with E-state index >= 15 is 0 Å². The smallest absolute Gasteiger partial charge is 0.262 e. The highest BCUT2D eigenvalue weighted by molar-refractivity contribution is 7.13. The normalized spacial score (nSPS) is 14.1. The van der Waals surface area contributed by atoms with Crippen LogP contribution in [0.1, 0.15) is 46.7 Å². The Hall–Kier alpha value is -3.39. The molecule has 31 heavy (non-hydrogen) atoms. The van der Waals surface area contributed by atoms with Crippen LogP contribution < -0.4 is 5.32 Å². The summed E-state index contributed by atoms with van der Waals surface area (Å²) in [5.74, 6) is -1.08. The maximum Gasteiger partial charge on any atom is 0.262 e. The fourth-order valence-electron chi connectivity index (χ4n) is 3.57. The summed E-state index contributed by atoms with van der Waals surface area (Å²) < 4.78 is 0. The fraction of sp³-hybridized carbons (Fsp3) is 0.261. The summed E-state index contributed by atoms with van der Waals surface area (Å²) in [5, 5.41) is 5.55. The van der Waals surface area contributed by atoms with E-state index in [-0.39, 0.29) is 18.4 Å². The summed E-state index contributed by atoms with van der Waals surface area (Å²) in [6.07, 6.45) is 3.82. The first kappa shape index (κ1) is 20.9. The van der Waals surface area contributed by atoms with Gasteiger partial charge in [0, 0.05) is 23.3 Å². The Balaban J connectivity index is 1.49. The number of rotatable bonds is 7. The average molecular weight is 435 g/mol. The minimum absolute atomic E-state index is 0.122. The van der Waals surface area contributed by atoms with Crippen LogP contribution >= 0.6 is 11.3 Å². The van der Waals surface area contributed by atoms with Crippen LogP contribution in [0.2, 0.25) is 0 Å². The Morgan fingerprint density at radius 2 is 1.81 bits per heavy atom. The standard InChI is InChI=1S/C23H22N4O3S/c1-14(2)10-19(27-22(29)17-7-3-4-8-18(17)23(27)30)20(28)25-12-16-13-31-21(26-16)15-6-5-9-24-11-15/h3-9,11,13-14,19H,10,12H2,1-2H3,(H,25,28). The predicted octanol–water partition coefficient (Wildman–Crippen LogP) is 3.53. The Morgan fingerprint density at radius 1 is 1.10 bits per heavy atom. The Morgan fingerprint density at radius 3 is 2.42 bits per heavy atom. The van der Waals surface area contributed by atoms with E-state index in [0.717, 1.165) is 15.5 Å². The van der Waals surface area contributed by atoms with Gasteiger partial charge in [-0.05, 0) is 36.6 Å². The lowest BCUT2D eigenvalue weighted by Crippen LogP contribution is -2.50. The third kappa shape index (κ3) is 4.25. The number of imide groups is 1. The zero-order valence-corrected chi connectivity index (χ0v) is 18.1. The van der Waals surface area contributed by atoms with Gasteiger partial charge in [0.15, 0.2) is 0 Å². The largest absolute Gasteiger partial charge is 0.349 e. The third-order valence-corrected chi connectivity index (χ3v) is 5.98. The van der Waals surface area contributed by atoms with E-state index in [0.29, 0.717) is 23.2 Å². The lowest BCUT2D eigenvalue weighted by atomic mass is 10.0. The highest BCUT2D eigenvalue weighted by Gasteiger charge is 2.42. The molecular formula is C23H22N4O3S. The van der Waals surface area contributed by atoms with Crippen molar-refractivity contribution in [3.8, 4) is 10.6 Å². The van der Waals surface area contributed by atoms with Gasteiger partial charge in [0.1, 0.15) is 11.0 Å². The molecule has 0 bridgehead atoms. The molecule has 7 nitrogen and oxygen atoms in total. The maximum absolute atomic E-state index is 13.1. The van der Waals surface area contributed by atoms with Crippen LogP contribution in [0.4, 0.5) is 0 Å². The molecule has 0 saturated heterocycles. The molecule has 0 fully saturated rings. The third-order valence-electron chi connectivity index (χ3n) is 5.04. The second kappa shape index (κ2) is 8.77. The van der Waals surface area contributed by atoms with Gasteiger partial charge in [-0.15, -0.1) is 11.3 Å². The van der Waals surface area contributed by atoms with Crippen molar-refractivity contribution in [2.24, 2.45) is 5.92 Å². The number of nitrogens with one attached hydrogen (secondary N) is 1. The van der Waals surface area contributed by atoms with Gasteiger partial charge in [-0.25, -0.2) is 4.98 Å². The number of fused-ring (bicyclic) bond motifs is 1. The van der Waals surface area contributed by atoms with Gasteiger partial charge >= 0.3 is 0 Å². The van der Waals surface area contributed by atoms with E-state index in [1.165, 1.54) is 11.3 Å². The highest BCUT2D eigenvalue weighted by atomic mass is 32.1. The summed E-state index contributed by atoms with van der Waals surface area (Å²) in [6.45, 7) is 4.13. The van der Waals surface area contributed by atoms with Crippen LogP contribution in [0.3, 0.4) is 0 Å². The number of carbonyl (C=O) groups is 3. The van der Waals surface area contributed by atoms with Crippen molar-refractivity contribution in [1.29, 1.82) is 0 Å². The summed E-state index contributed by atoms with van der Waals surface area (Å²) in [5.41, 5.74) is 2.31. The molecule has 0 saturated carbocycles. The Labute approximate surface area is 184 Å². The van der Waals surface area contributed by atoms with Crippen LogP contribution in [-0.2, 0) is 11.3 Å². The van der Waals surface area contributed by atoms with Gasteiger partial charge in [0.05, 0.1) is 23.4 Å². The fourth-order valence-corrected chi connectivity index (χ4v) is 4.38. The zero-order chi connectivity index (χ0) is 22.0. The number of hydrogen-bond donors (Lipinski definition) is 1. The molecule has 3 aromatic rings. The minimum Gasteiger partial charge on any atom is -0.349 e. The minimum atomic E-state index is -0.871. The maximum atomic E-state index is 13.1. The number of benzene rings is 1. The monoisotopic (exact) mass is 434 g/mol. The average Bonchev–Trinajstić information content (AvgIpc) is 3.35. The number of nitrogens with zero attached hydrogens (tertiary/aromatic N) is 3. The van der Waals surface area contributed by atoms with E-state index in [4.69, 9.17) is 0 Å². The lowest BCUT2D eigenvalue weighted by molar-refractivity contribution is -0.125. The molecule has 3 amide bonds. The zero-order valence-electron chi connectivity index (χ0n) is 17.2. The van der Waals surface area contributed by atoms with E-state index < -0.39 is 17.9 Å². The topological polar surface area (TPSA) is 92.3 Å². The van der Waals surface area contributed by atoms with Crippen LogP contribution in [0, 0.1) is 5.92 Å². The molecule has 0 aliphatic carbocycles. The van der Waals surface area contributed by atoms with Gasteiger partial charge in [0.2, 0.25) is 5.91 Å². The van der Waals surface area contributed by atoms with Gasteiger partial charge < -0.3 is 5.32 Å². The predicted molar refractivity (Wildman–Crippen MR) is 117 cm³/mol. The quantitative estimate of drug-likeness (QED) is 0.574. The first-order valence-electron chi connectivity index (χ1n) is 10.0. The van der Waals surface area contributed by atoms with Crippen LogP contribution in [-0.4, -0.2) is 38.6 Å². The van der Waals surface area contributed by atoms with Crippen LogP contribution in [0.5, 0.6) is 0 Å². The molecule has 1 unspecified atom stereocenters. The van der Waals surface area contributed by atoms with Gasteiger partial charge in [-0.2, -0.15) is 0 Å². The Kier molecular flexibility index (Phi) is 5.90. The SMILES string of the molecule is CC(C)CC(C(=O)NCc1csc(-c2cccnc2)n1)N1C(=O)c2ccccc2C1=O. The van der Waals surface area contributed by atoms with Gasteiger partial charge in [0.25, 0.3) is 11.8 Å².